The number of ketones is 1. The lowest BCUT2D eigenvalue weighted by Gasteiger charge is -2.04. The van der Waals surface area contributed by atoms with Crippen LogP contribution < -0.4 is 0 Å². The number of fused-ring (bicyclic) bond motifs is 1. The van der Waals surface area contributed by atoms with Crippen molar-refractivity contribution in [3.63, 3.8) is 0 Å². The van der Waals surface area contributed by atoms with Gasteiger partial charge in [-0.15, -0.1) is 0 Å². The molecule has 0 radical (unpaired) electrons. The fourth-order valence-electron chi connectivity index (χ4n) is 2.05. The molecule has 0 atom stereocenters. The van der Waals surface area contributed by atoms with Gasteiger partial charge in [-0.3, -0.25) is 4.79 Å². The summed E-state index contributed by atoms with van der Waals surface area (Å²) < 4.78 is 6.92. The third-order valence-electron chi connectivity index (χ3n) is 2.96. The fraction of sp³-hybridized carbons (Fsp3) is 0.312. The molecule has 0 N–H and O–H groups in total. The largest absolute Gasteiger partial charge is 0.384 e. The molecule has 0 unspecified atom stereocenters. The monoisotopic (exact) mass is 255 g/mol. The van der Waals surface area contributed by atoms with Crippen LogP contribution in [0.15, 0.2) is 30.3 Å². The Morgan fingerprint density at radius 2 is 2.11 bits per heavy atom. The number of aromatic nitrogens is 1. The molecule has 0 saturated carbocycles. The molecule has 1 aromatic carbocycles. The van der Waals surface area contributed by atoms with Gasteiger partial charge in [-0.05, 0) is 12.1 Å². The average Bonchev–Trinajstić information content (AvgIpc) is 2.78. The normalized spacial score (nSPS) is 10.2. The molecular weight excluding hydrogens is 238 g/mol. The summed E-state index contributed by atoms with van der Waals surface area (Å²) in [5.41, 5.74) is 1.76. The second-order valence-electron chi connectivity index (χ2n) is 4.33. The standard InChI is InChI=1S/C16H17NO2/c1-13(18)16-12-14-8-4-5-9-15(14)17(16)10-6-3-7-11-19-2/h4-5,8-9,12H,7,10-11H2,1-2H3. The van der Waals surface area contributed by atoms with E-state index in [9.17, 15) is 4.79 Å². The lowest BCUT2D eigenvalue weighted by atomic mass is 10.2. The van der Waals surface area contributed by atoms with E-state index in [1.807, 2.05) is 34.9 Å². The van der Waals surface area contributed by atoms with Gasteiger partial charge in [-0.2, -0.15) is 0 Å². The Morgan fingerprint density at radius 3 is 2.84 bits per heavy atom. The zero-order valence-corrected chi connectivity index (χ0v) is 11.3. The number of nitrogens with zero attached hydrogens (tertiary/aromatic N) is 1. The Bertz CT molecular complexity index is 644. The minimum absolute atomic E-state index is 0.0647. The van der Waals surface area contributed by atoms with Crippen LogP contribution in [0.4, 0.5) is 0 Å². The fourth-order valence-corrected chi connectivity index (χ4v) is 2.05. The Morgan fingerprint density at radius 1 is 1.32 bits per heavy atom. The van der Waals surface area contributed by atoms with Gasteiger partial charge in [0.2, 0.25) is 0 Å². The highest BCUT2D eigenvalue weighted by molar-refractivity contribution is 5.98. The van der Waals surface area contributed by atoms with E-state index in [0.29, 0.717) is 25.3 Å². The van der Waals surface area contributed by atoms with Gasteiger partial charge in [0.1, 0.15) is 0 Å². The van der Waals surface area contributed by atoms with Crippen LogP contribution in [0.5, 0.6) is 0 Å². The Labute approximate surface area is 113 Å². The molecule has 1 aromatic heterocycles. The number of ether oxygens (including phenoxy) is 1. The minimum atomic E-state index is 0.0647. The summed E-state index contributed by atoms with van der Waals surface area (Å²) in [5.74, 6) is 6.20. The molecule has 98 valence electrons. The summed E-state index contributed by atoms with van der Waals surface area (Å²) in [4.78, 5) is 11.7. The van der Waals surface area contributed by atoms with E-state index in [0.717, 1.165) is 10.9 Å². The number of para-hydroxylation sites is 1. The van der Waals surface area contributed by atoms with Gasteiger partial charge in [0.25, 0.3) is 0 Å². The van der Waals surface area contributed by atoms with Gasteiger partial charge in [0, 0.05) is 31.4 Å². The van der Waals surface area contributed by atoms with Crippen molar-refractivity contribution in [2.45, 2.75) is 19.9 Å². The van der Waals surface area contributed by atoms with E-state index < -0.39 is 0 Å². The molecule has 3 nitrogen and oxygen atoms in total. The highest BCUT2D eigenvalue weighted by atomic mass is 16.5. The van der Waals surface area contributed by atoms with Gasteiger partial charge < -0.3 is 9.30 Å². The van der Waals surface area contributed by atoms with Crippen LogP contribution in [0.25, 0.3) is 10.9 Å². The summed E-state index contributed by atoms with van der Waals surface area (Å²) in [5, 5.41) is 1.08. The minimum Gasteiger partial charge on any atom is -0.384 e. The number of carbonyl (C=O) groups is 1. The molecule has 0 saturated heterocycles. The molecule has 0 aliphatic heterocycles. The van der Waals surface area contributed by atoms with Crippen LogP contribution in [0.2, 0.25) is 0 Å². The summed E-state index contributed by atoms with van der Waals surface area (Å²) in [6, 6.07) is 9.89. The molecule has 0 aliphatic rings. The zero-order valence-electron chi connectivity index (χ0n) is 11.3. The van der Waals surface area contributed by atoms with Crippen LogP contribution in [-0.4, -0.2) is 24.1 Å². The molecule has 0 aliphatic carbocycles. The molecule has 0 amide bonds. The van der Waals surface area contributed by atoms with Crippen molar-refractivity contribution in [2.24, 2.45) is 0 Å². The first kappa shape index (κ1) is 13.4. The van der Waals surface area contributed by atoms with E-state index in [4.69, 9.17) is 4.74 Å². The Balaban J connectivity index is 2.31. The van der Waals surface area contributed by atoms with E-state index >= 15 is 0 Å². The lowest BCUT2D eigenvalue weighted by Crippen LogP contribution is -2.05. The molecule has 0 bridgehead atoms. The van der Waals surface area contributed by atoms with Crippen molar-refractivity contribution < 1.29 is 9.53 Å². The predicted molar refractivity (Wildman–Crippen MR) is 76.2 cm³/mol. The van der Waals surface area contributed by atoms with Crippen molar-refractivity contribution in [3.8, 4) is 11.8 Å². The van der Waals surface area contributed by atoms with Crippen molar-refractivity contribution in [2.75, 3.05) is 13.7 Å². The Hall–Kier alpha value is -2.05. The summed E-state index contributed by atoms with van der Waals surface area (Å²) in [7, 11) is 1.66. The molecule has 2 rings (SSSR count). The van der Waals surface area contributed by atoms with E-state index in [2.05, 4.69) is 11.8 Å². The molecule has 3 heteroatoms. The maximum absolute atomic E-state index is 11.7. The number of Topliss-reactive ketones (excluding diaryl/α,β-unsaturated/α-hetero) is 1. The van der Waals surface area contributed by atoms with Crippen LogP contribution in [0.1, 0.15) is 23.8 Å². The third kappa shape index (κ3) is 3.04. The molecule has 19 heavy (non-hydrogen) atoms. The molecule has 2 aromatic rings. The topological polar surface area (TPSA) is 31.2 Å². The molecule has 0 fully saturated rings. The number of methoxy groups -OCH3 is 1. The SMILES string of the molecule is COCCC#CCn1c(C(C)=O)cc2ccccc21. The van der Waals surface area contributed by atoms with Crippen molar-refractivity contribution in [1.82, 2.24) is 4.57 Å². The summed E-state index contributed by atoms with van der Waals surface area (Å²) >= 11 is 0. The number of rotatable bonds is 4. The summed E-state index contributed by atoms with van der Waals surface area (Å²) in [6.45, 7) is 2.76. The van der Waals surface area contributed by atoms with Gasteiger partial charge in [0.05, 0.1) is 18.8 Å². The maximum Gasteiger partial charge on any atom is 0.176 e. The average molecular weight is 255 g/mol. The van der Waals surface area contributed by atoms with Gasteiger partial charge in [0.15, 0.2) is 5.78 Å². The van der Waals surface area contributed by atoms with E-state index in [1.54, 1.807) is 14.0 Å². The second-order valence-corrected chi connectivity index (χ2v) is 4.33. The molecule has 0 spiro atoms. The van der Waals surface area contributed by atoms with Crippen LogP contribution in [0, 0.1) is 11.8 Å². The van der Waals surface area contributed by atoms with Crippen LogP contribution >= 0.6 is 0 Å². The molecular formula is C16H17NO2. The quantitative estimate of drug-likeness (QED) is 0.478. The lowest BCUT2D eigenvalue weighted by molar-refractivity contribution is 0.101. The predicted octanol–water partition coefficient (Wildman–Crippen LogP) is 2.88. The zero-order chi connectivity index (χ0) is 13.7. The number of benzene rings is 1. The second kappa shape index (κ2) is 6.21. The van der Waals surface area contributed by atoms with Crippen LogP contribution in [-0.2, 0) is 11.3 Å². The number of carbonyl (C=O) groups excluding carboxylic acids is 1. The van der Waals surface area contributed by atoms with Gasteiger partial charge in [-0.25, -0.2) is 0 Å². The van der Waals surface area contributed by atoms with Crippen molar-refractivity contribution in [1.29, 1.82) is 0 Å². The van der Waals surface area contributed by atoms with Gasteiger partial charge >= 0.3 is 0 Å². The van der Waals surface area contributed by atoms with Crippen molar-refractivity contribution in [3.05, 3.63) is 36.0 Å². The summed E-state index contributed by atoms with van der Waals surface area (Å²) in [6.07, 6.45) is 0.713. The highest BCUT2D eigenvalue weighted by Gasteiger charge is 2.10. The van der Waals surface area contributed by atoms with E-state index in [1.165, 1.54) is 0 Å². The molecule has 1 heterocycles. The first-order valence-corrected chi connectivity index (χ1v) is 6.28. The highest BCUT2D eigenvalue weighted by Crippen LogP contribution is 2.19. The first-order valence-electron chi connectivity index (χ1n) is 6.28. The maximum atomic E-state index is 11.7. The first-order chi connectivity index (χ1) is 9.24. The van der Waals surface area contributed by atoms with E-state index in [-0.39, 0.29) is 5.78 Å². The smallest absolute Gasteiger partial charge is 0.176 e. The number of hydrogen-bond donors (Lipinski definition) is 0. The third-order valence-corrected chi connectivity index (χ3v) is 2.96. The number of hydrogen-bond acceptors (Lipinski definition) is 2. The Kier molecular flexibility index (Phi) is 4.38. The van der Waals surface area contributed by atoms with Gasteiger partial charge in [-0.1, -0.05) is 30.0 Å². The van der Waals surface area contributed by atoms with Crippen molar-refractivity contribution >= 4 is 16.7 Å². The van der Waals surface area contributed by atoms with Crippen LogP contribution in [0.3, 0.4) is 0 Å².